The quantitative estimate of drug-likeness (QED) is 0.735. The van der Waals surface area contributed by atoms with Crippen molar-refractivity contribution in [3.8, 4) is 17.2 Å². The largest absolute Gasteiger partial charge is 0.493 e. The highest BCUT2D eigenvalue weighted by atomic mass is 16.5. The molecule has 8 heteroatoms. The number of para-hydroxylation sites is 1. The predicted molar refractivity (Wildman–Crippen MR) is 113 cm³/mol. The van der Waals surface area contributed by atoms with Crippen LogP contribution >= 0.6 is 0 Å². The Morgan fingerprint density at radius 2 is 1.57 bits per heavy atom. The van der Waals surface area contributed by atoms with E-state index in [9.17, 15) is 9.59 Å². The molecule has 2 amide bonds. The second kappa shape index (κ2) is 9.49. The van der Waals surface area contributed by atoms with Crippen LogP contribution in [0.2, 0.25) is 0 Å². The molecule has 2 aromatic carbocycles. The zero-order valence-corrected chi connectivity index (χ0v) is 17.8. The number of nitrogens with zero attached hydrogens (tertiary/aromatic N) is 1. The van der Waals surface area contributed by atoms with Crippen LogP contribution in [0.15, 0.2) is 36.4 Å². The van der Waals surface area contributed by atoms with Gasteiger partial charge in [0.25, 0.3) is 11.8 Å². The summed E-state index contributed by atoms with van der Waals surface area (Å²) in [5.74, 6) is 0.711. The molecule has 1 heterocycles. The number of piperazine rings is 1. The van der Waals surface area contributed by atoms with E-state index in [1.165, 1.54) is 26.2 Å². The molecular formula is C22H28N3O5+. The summed E-state index contributed by atoms with van der Waals surface area (Å²) in [5, 5.41) is 2.85. The lowest BCUT2D eigenvalue weighted by Gasteiger charge is -2.30. The highest BCUT2D eigenvalue weighted by Gasteiger charge is 2.25. The molecule has 0 spiro atoms. The lowest BCUT2D eigenvalue weighted by atomic mass is 10.1. The van der Waals surface area contributed by atoms with E-state index in [-0.39, 0.29) is 11.8 Å². The molecule has 3 rings (SSSR count). The number of anilines is 1. The SMILES string of the molecule is COc1cc(C(=O)Nc2ccccc2C(=O)N2CC[NH+](C)CC2)cc(OC)c1OC. The van der Waals surface area contributed by atoms with Gasteiger partial charge in [0.2, 0.25) is 5.75 Å². The van der Waals surface area contributed by atoms with Crippen LogP contribution in [-0.2, 0) is 0 Å². The maximum Gasteiger partial charge on any atom is 0.256 e. The number of quaternary nitrogens is 1. The number of amides is 2. The third kappa shape index (κ3) is 4.49. The normalized spacial score (nSPS) is 14.2. The monoisotopic (exact) mass is 414 g/mol. The van der Waals surface area contributed by atoms with E-state index in [0.29, 0.717) is 47.2 Å². The van der Waals surface area contributed by atoms with Crippen LogP contribution in [0.25, 0.3) is 0 Å². The first kappa shape index (κ1) is 21.4. The molecule has 1 fully saturated rings. The number of methoxy groups -OCH3 is 3. The third-order valence-corrected chi connectivity index (χ3v) is 5.24. The van der Waals surface area contributed by atoms with Crippen molar-refractivity contribution in [1.29, 1.82) is 0 Å². The minimum Gasteiger partial charge on any atom is -0.493 e. The number of nitrogens with one attached hydrogen (secondary N) is 2. The molecule has 2 N–H and O–H groups in total. The van der Waals surface area contributed by atoms with Crippen LogP contribution in [0, 0.1) is 0 Å². The first-order chi connectivity index (χ1) is 14.5. The molecular weight excluding hydrogens is 386 g/mol. The van der Waals surface area contributed by atoms with Gasteiger partial charge in [0, 0.05) is 5.56 Å². The maximum atomic E-state index is 13.0. The molecule has 2 aromatic rings. The van der Waals surface area contributed by atoms with Crippen molar-refractivity contribution in [3.63, 3.8) is 0 Å². The standard InChI is InChI=1S/C22H27N3O5/c1-24-9-11-25(12-10-24)22(27)16-7-5-6-8-17(16)23-21(26)15-13-18(28-2)20(30-4)19(14-15)29-3/h5-8,13-14H,9-12H2,1-4H3,(H,23,26)/p+1. The highest BCUT2D eigenvalue weighted by Crippen LogP contribution is 2.38. The molecule has 0 radical (unpaired) electrons. The van der Waals surface area contributed by atoms with Gasteiger partial charge in [-0.3, -0.25) is 9.59 Å². The van der Waals surface area contributed by atoms with Gasteiger partial charge in [-0.1, -0.05) is 12.1 Å². The number of ether oxygens (including phenoxy) is 3. The van der Waals surface area contributed by atoms with Crippen molar-refractivity contribution in [2.75, 3.05) is 59.9 Å². The summed E-state index contributed by atoms with van der Waals surface area (Å²) in [4.78, 5) is 29.2. The smallest absolute Gasteiger partial charge is 0.256 e. The van der Waals surface area contributed by atoms with Gasteiger partial charge in [-0.25, -0.2) is 0 Å². The molecule has 0 aromatic heterocycles. The van der Waals surface area contributed by atoms with Gasteiger partial charge in [0.1, 0.15) is 0 Å². The Morgan fingerprint density at radius 3 is 2.13 bits per heavy atom. The molecule has 30 heavy (non-hydrogen) atoms. The first-order valence-electron chi connectivity index (χ1n) is 9.79. The molecule has 0 unspecified atom stereocenters. The number of rotatable bonds is 6. The highest BCUT2D eigenvalue weighted by molar-refractivity contribution is 6.09. The van der Waals surface area contributed by atoms with Crippen LogP contribution in [0.1, 0.15) is 20.7 Å². The zero-order chi connectivity index (χ0) is 21.7. The van der Waals surface area contributed by atoms with E-state index in [1.54, 1.807) is 36.4 Å². The second-order valence-electron chi connectivity index (χ2n) is 7.16. The Hall–Kier alpha value is -3.26. The maximum absolute atomic E-state index is 13.0. The van der Waals surface area contributed by atoms with Crippen molar-refractivity contribution in [1.82, 2.24) is 4.90 Å². The van der Waals surface area contributed by atoms with Crippen LogP contribution in [0.4, 0.5) is 5.69 Å². The number of hydrogen-bond donors (Lipinski definition) is 2. The minimum absolute atomic E-state index is 0.0803. The average Bonchev–Trinajstić information content (AvgIpc) is 2.78. The number of likely N-dealkylation sites (N-methyl/N-ethyl adjacent to an activating group) is 1. The lowest BCUT2D eigenvalue weighted by Crippen LogP contribution is -3.12. The number of hydrogen-bond acceptors (Lipinski definition) is 5. The predicted octanol–water partition coefficient (Wildman–Crippen LogP) is 0.935. The minimum atomic E-state index is -0.377. The fraction of sp³-hybridized carbons (Fsp3) is 0.364. The summed E-state index contributed by atoms with van der Waals surface area (Å²) >= 11 is 0. The van der Waals surface area contributed by atoms with E-state index in [2.05, 4.69) is 12.4 Å². The topological polar surface area (TPSA) is 81.5 Å². The third-order valence-electron chi connectivity index (χ3n) is 5.24. The average molecular weight is 414 g/mol. The number of carbonyl (C=O) groups is 2. The van der Waals surface area contributed by atoms with Crippen molar-refractivity contribution in [2.24, 2.45) is 0 Å². The number of carbonyl (C=O) groups excluding carboxylic acids is 2. The molecule has 0 atom stereocenters. The van der Waals surface area contributed by atoms with Crippen molar-refractivity contribution in [3.05, 3.63) is 47.5 Å². The molecule has 1 aliphatic heterocycles. The number of benzene rings is 2. The van der Waals surface area contributed by atoms with Gasteiger partial charge < -0.3 is 29.3 Å². The van der Waals surface area contributed by atoms with Crippen LogP contribution in [0.3, 0.4) is 0 Å². The molecule has 0 saturated carbocycles. The van der Waals surface area contributed by atoms with E-state index >= 15 is 0 Å². The van der Waals surface area contributed by atoms with Gasteiger partial charge in [0.05, 0.1) is 65.8 Å². The van der Waals surface area contributed by atoms with Crippen LogP contribution in [-0.4, -0.2) is 71.3 Å². The molecule has 0 aliphatic carbocycles. The summed E-state index contributed by atoms with van der Waals surface area (Å²) < 4.78 is 15.9. The zero-order valence-electron chi connectivity index (χ0n) is 17.8. The lowest BCUT2D eigenvalue weighted by molar-refractivity contribution is -0.883. The van der Waals surface area contributed by atoms with Crippen molar-refractivity contribution < 1.29 is 28.7 Å². The fourth-order valence-electron chi connectivity index (χ4n) is 3.45. The Kier molecular flexibility index (Phi) is 6.79. The van der Waals surface area contributed by atoms with Gasteiger partial charge in [0.15, 0.2) is 11.5 Å². The summed E-state index contributed by atoms with van der Waals surface area (Å²) in [6.45, 7) is 3.21. The summed E-state index contributed by atoms with van der Waals surface area (Å²) in [6, 6.07) is 10.2. The van der Waals surface area contributed by atoms with Gasteiger partial charge >= 0.3 is 0 Å². The molecule has 160 valence electrons. The Balaban J connectivity index is 1.85. The molecule has 1 aliphatic rings. The first-order valence-corrected chi connectivity index (χ1v) is 9.79. The summed E-state index contributed by atoms with van der Waals surface area (Å²) in [6.07, 6.45) is 0. The van der Waals surface area contributed by atoms with Gasteiger partial charge in [-0.15, -0.1) is 0 Å². The molecule has 8 nitrogen and oxygen atoms in total. The summed E-state index contributed by atoms with van der Waals surface area (Å²) in [5.41, 5.74) is 1.26. The molecule has 0 bridgehead atoms. The van der Waals surface area contributed by atoms with E-state index in [1.807, 2.05) is 4.90 Å². The molecule has 1 saturated heterocycles. The van der Waals surface area contributed by atoms with Crippen LogP contribution < -0.4 is 24.4 Å². The summed E-state index contributed by atoms with van der Waals surface area (Å²) in [7, 11) is 6.60. The van der Waals surface area contributed by atoms with E-state index in [0.717, 1.165) is 13.1 Å². The van der Waals surface area contributed by atoms with E-state index < -0.39 is 0 Å². The Labute approximate surface area is 176 Å². The van der Waals surface area contributed by atoms with Crippen molar-refractivity contribution >= 4 is 17.5 Å². The van der Waals surface area contributed by atoms with E-state index in [4.69, 9.17) is 14.2 Å². The van der Waals surface area contributed by atoms with Gasteiger partial charge in [-0.05, 0) is 24.3 Å². The second-order valence-corrected chi connectivity index (χ2v) is 7.16. The van der Waals surface area contributed by atoms with Crippen LogP contribution in [0.5, 0.6) is 17.2 Å². The Bertz CT molecular complexity index is 898. The fourth-order valence-corrected chi connectivity index (χ4v) is 3.45. The van der Waals surface area contributed by atoms with Crippen molar-refractivity contribution in [2.45, 2.75) is 0 Å². The van der Waals surface area contributed by atoms with Gasteiger partial charge in [-0.2, -0.15) is 0 Å². The Morgan fingerprint density at radius 1 is 0.967 bits per heavy atom.